The molecule has 0 unspecified atom stereocenters. The number of aliphatic imine (C=N–C) groups is 1. The van der Waals surface area contributed by atoms with Crippen molar-refractivity contribution in [2.45, 2.75) is 0 Å². The predicted molar refractivity (Wildman–Crippen MR) is 108 cm³/mol. The van der Waals surface area contributed by atoms with Crippen LogP contribution < -0.4 is 5.32 Å². The molecule has 0 aliphatic carbocycles. The van der Waals surface area contributed by atoms with Crippen molar-refractivity contribution in [1.82, 2.24) is 5.32 Å². The number of rotatable bonds is 4. The summed E-state index contributed by atoms with van der Waals surface area (Å²) in [5, 5.41) is 14.0. The molecule has 1 aliphatic rings. The topological polar surface area (TPSA) is 97.7 Å². The summed E-state index contributed by atoms with van der Waals surface area (Å²) in [6, 6.07) is 15.4. The third-order valence-corrected chi connectivity index (χ3v) is 4.90. The molecule has 29 heavy (non-hydrogen) atoms. The molecule has 2 aromatic carbocycles. The number of nitro groups is 1. The highest BCUT2D eigenvalue weighted by molar-refractivity contribution is 8.18. The van der Waals surface area contributed by atoms with Crippen molar-refractivity contribution in [3.63, 3.8) is 0 Å². The summed E-state index contributed by atoms with van der Waals surface area (Å²) >= 11 is 1.05. The first kappa shape index (κ1) is 18.6. The van der Waals surface area contributed by atoms with Gasteiger partial charge >= 0.3 is 0 Å². The Balaban J connectivity index is 1.59. The molecule has 1 saturated heterocycles. The van der Waals surface area contributed by atoms with Crippen LogP contribution in [0, 0.1) is 15.9 Å². The number of amides is 1. The zero-order valence-electron chi connectivity index (χ0n) is 14.7. The Morgan fingerprint density at radius 2 is 1.86 bits per heavy atom. The molecule has 1 aliphatic heterocycles. The fourth-order valence-electron chi connectivity index (χ4n) is 2.68. The highest BCUT2D eigenvalue weighted by atomic mass is 32.2. The van der Waals surface area contributed by atoms with Gasteiger partial charge in [-0.25, -0.2) is 9.38 Å². The number of thioether (sulfide) groups is 1. The minimum atomic E-state index is -0.493. The number of carbonyl (C=O) groups excluding carboxylic acids is 1. The number of amidine groups is 1. The first-order valence-corrected chi connectivity index (χ1v) is 9.20. The Labute approximate surface area is 168 Å². The quantitative estimate of drug-likeness (QED) is 0.376. The SMILES string of the molecule is O=C1NC(=Nc2ccccc2F)SC1=Cc1ccc(-c2ccccc2[N+](=O)[O-])o1. The second-order valence-corrected chi connectivity index (χ2v) is 6.94. The molecule has 0 radical (unpaired) electrons. The van der Waals surface area contributed by atoms with Crippen molar-refractivity contribution < 1.29 is 18.5 Å². The van der Waals surface area contributed by atoms with Crippen LogP contribution in [-0.4, -0.2) is 16.0 Å². The number of halogens is 1. The molecule has 1 aromatic heterocycles. The average Bonchev–Trinajstić information content (AvgIpc) is 3.30. The fourth-order valence-corrected chi connectivity index (χ4v) is 3.49. The standard InChI is InChI=1S/C20H12FN3O4S/c21-14-6-2-3-7-15(14)22-20-23-19(25)18(29-20)11-12-9-10-17(28-12)13-5-1-4-8-16(13)24(26)27/h1-11H,(H,22,23,25). The van der Waals surface area contributed by atoms with Crippen molar-refractivity contribution in [2.75, 3.05) is 0 Å². The smallest absolute Gasteiger partial charge is 0.280 e. The minimum Gasteiger partial charge on any atom is -0.456 e. The van der Waals surface area contributed by atoms with Gasteiger partial charge in [-0.3, -0.25) is 14.9 Å². The number of hydrogen-bond acceptors (Lipinski definition) is 6. The maximum Gasteiger partial charge on any atom is 0.280 e. The largest absolute Gasteiger partial charge is 0.456 e. The second kappa shape index (κ2) is 7.72. The molecular weight excluding hydrogens is 397 g/mol. The van der Waals surface area contributed by atoms with Gasteiger partial charge in [0.05, 0.1) is 15.4 Å². The van der Waals surface area contributed by atoms with E-state index in [1.807, 2.05) is 0 Å². The van der Waals surface area contributed by atoms with E-state index in [1.54, 1.807) is 42.5 Å². The van der Waals surface area contributed by atoms with Gasteiger partial charge in [0.1, 0.15) is 23.0 Å². The summed E-state index contributed by atoms with van der Waals surface area (Å²) in [7, 11) is 0. The van der Waals surface area contributed by atoms with Crippen molar-refractivity contribution in [3.8, 4) is 11.3 Å². The molecule has 0 spiro atoms. The van der Waals surface area contributed by atoms with E-state index in [2.05, 4.69) is 10.3 Å². The van der Waals surface area contributed by atoms with Gasteiger partial charge in [0.2, 0.25) is 0 Å². The summed E-state index contributed by atoms with van der Waals surface area (Å²) in [6.45, 7) is 0. The van der Waals surface area contributed by atoms with Crippen molar-refractivity contribution >= 4 is 40.3 Å². The number of hydrogen-bond donors (Lipinski definition) is 1. The van der Waals surface area contributed by atoms with Gasteiger partial charge in [-0.05, 0) is 42.1 Å². The number of carbonyl (C=O) groups is 1. The van der Waals surface area contributed by atoms with Gasteiger partial charge < -0.3 is 9.73 Å². The van der Waals surface area contributed by atoms with Crippen LogP contribution in [-0.2, 0) is 4.79 Å². The maximum atomic E-state index is 13.7. The molecular formula is C20H12FN3O4S. The number of nitrogens with one attached hydrogen (secondary N) is 1. The van der Waals surface area contributed by atoms with Crippen LogP contribution in [0.25, 0.3) is 17.4 Å². The van der Waals surface area contributed by atoms with Gasteiger partial charge in [0, 0.05) is 12.1 Å². The molecule has 144 valence electrons. The third kappa shape index (κ3) is 3.94. The van der Waals surface area contributed by atoms with Crippen LogP contribution in [0.5, 0.6) is 0 Å². The van der Waals surface area contributed by atoms with E-state index in [9.17, 15) is 19.3 Å². The average molecular weight is 409 g/mol. The van der Waals surface area contributed by atoms with Crippen molar-refractivity contribution in [3.05, 3.63) is 87.3 Å². The van der Waals surface area contributed by atoms with Gasteiger partial charge in [-0.15, -0.1) is 0 Å². The lowest BCUT2D eigenvalue weighted by atomic mass is 10.1. The lowest BCUT2D eigenvalue weighted by Gasteiger charge is -1.98. The molecule has 0 saturated carbocycles. The summed E-state index contributed by atoms with van der Waals surface area (Å²) in [5.74, 6) is -0.225. The maximum absolute atomic E-state index is 13.7. The van der Waals surface area contributed by atoms with E-state index < -0.39 is 16.6 Å². The van der Waals surface area contributed by atoms with Crippen LogP contribution in [0.2, 0.25) is 0 Å². The predicted octanol–water partition coefficient (Wildman–Crippen LogP) is 4.89. The molecule has 0 bridgehead atoms. The normalized spacial score (nSPS) is 16.4. The summed E-state index contributed by atoms with van der Waals surface area (Å²) in [4.78, 5) is 27.3. The molecule has 2 heterocycles. The Kier molecular flexibility index (Phi) is 4.96. The lowest BCUT2D eigenvalue weighted by Crippen LogP contribution is -2.19. The van der Waals surface area contributed by atoms with Crippen molar-refractivity contribution in [1.29, 1.82) is 0 Å². The van der Waals surface area contributed by atoms with Crippen LogP contribution >= 0.6 is 11.8 Å². The Morgan fingerprint density at radius 1 is 1.10 bits per heavy atom. The Hall–Kier alpha value is -3.72. The van der Waals surface area contributed by atoms with Gasteiger partial charge in [0.15, 0.2) is 5.17 Å². The van der Waals surface area contributed by atoms with Crippen LogP contribution in [0.4, 0.5) is 15.8 Å². The fraction of sp³-hybridized carbons (Fsp3) is 0. The van der Waals surface area contributed by atoms with Crippen molar-refractivity contribution in [2.24, 2.45) is 4.99 Å². The summed E-state index contributed by atoms with van der Waals surface area (Å²) < 4.78 is 19.4. The van der Waals surface area contributed by atoms with E-state index >= 15 is 0 Å². The molecule has 0 atom stereocenters. The molecule has 1 N–H and O–H groups in total. The van der Waals surface area contributed by atoms with Gasteiger partial charge in [-0.1, -0.05) is 24.3 Å². The van der Waals surface area contributed by atoms with Gasteiger partial charge in [-0.2, -0.15) is 0 Å². The summed E-state index contributed by atoms with van der Waals surface area (Å²) in [5.41, 5.74) is 0.383. The highest BCUT2D eigenvalue weighted by Gasteiger charge is 2.25. The van der Waals surface area contributed by atoms with Crippen LogP contribution in [0.15, 0.2) is 75.0 Å². The minimum absolute atomic E-state index is 0.0756. The van der Waals surface area contributed by atoms with E-state index in [4.69, 9.17) is 4.42 Å². The Morgan fingerprint density at radius 3 is 2.66 bits per heavy atom. The molecule has 4 rings (SSSR count). The monoisotopic (exact) mass is 409 g/mol. The zero-order valence-corrected chi connectivity index (χ0v) is 15.5. The van der Waals surface area contributed by atoms with E-state index in [0.717, 1.165) is 11.8 Å². The van der Waals surface area contributed by atoms with E-state index in [0.29, 0.717) is 22.0 Å². The molecule has 1 amide bonds. The molecule has 9 heteroatoms. The number of nitro benzene ring substituents is 1. The number of nitrogens with zero attached hydrogens (tertiary/aromatic N) is 2. The van der Waals surface area contributed by atoms with Crippen LogP contribution in [0.1, 0.15) is 5.76 Å². The zero-order chi connectivity index (χ0) is 20.4. The lowest BCUT2D eigenvalue weighted by molar-refractivity contribution is -0.384. The second-order valence-electron chi connectivity index (χ2n) is 5.91. The number of furan rings is 1. The number of para-hydroxylation sites is 2. The number of benzene rings is 2. The van der Waals surface area contributed by atoms with Gasteiger partial charge in [0.25, 0.3) is 11.6 Å². The molecule has 7 nitrogen and oxygen atoms in total. The third-order valence-electron chi connectivity index (χ3n) is 3.99. The molecule has 3 aromatic rings. The van der Waals surface area contributed by atoms with E-state index in [1.165, 1.54) is 24.3 Å². The Bertz CT molecular complexity index is 1190. The highest BCUT2D eigenvalue weighted by Crippen LogP contribution is 2.33. The first-order chi connectivity index (χ1) is 14.0. The van der Waals surface area contributed by atoms with Crippen LogP contribution in [0.3, 0.4) is 0 Å². The first-order valence-electron chi connectivity index (χ1n) is 8.39. The summed E-state index contributed by atoms with van der Waals surface area (Å²) in [6.07, 6.45) is 1.50. The van der Waals surface area contributed by atoms with E-state index in [-0.39, 0.29) is 16.5 Å². The molecule has 1 fully saturated rings.